The van der Waals surface area contributed by atoms with Crippen molar-refractivity contribution in [2.75, 3.05) is 13.2 Å². The Morgan fingerprint density at radius 3 is 1.74 bits per heavy atom. The van der Waals surface area contributed by atoms with E-state index in [0.717, 1.165) is 18.4 Å². The minimum atomic E-state index is -0.411. The molecule has 0 saturated heterocycles. The van der Waals surface area contributed by atoms with Crippen LogP contribution >= 0.6 is 0 Å². The molecular weight excluding hydrogens is 244 g/mol. The lowest BCUT2D eigenvalue weighted by atomic mass is 10.0. The van der Waals surface area contributed by atoms with E-state index in [-0.39, 0.29) is 0 Å². The molecule has 0 amide bonds. The Labute approximate surface area is 113 Å². The van der Waals surface area contributed by atoms with Crippen molar-refractivity contribution in [2.45, 2.75) is 33.6 Å². The quantitative estimate of drug-likeness (QED) is 0.741. The average Bonchev–Trinajstić information content (AvgIpc) is 2.39. The second-order valence-electron chi connectivity index (χ2n) is 4.11. The maximum Gasteiger partial charge on any atom is 0.338 e. The van der Waals surface area contributed by atoms with Crippen molar-refractivity contribution in [1.82, 2.24) is 0 Å². The zero-order valence-corrected chi connectivity index (χ0v) is 11.7. The van der Waals surface area contributed by atoms with Crippen molar-refractivity contribution in [2.24, 2.45) is 0 Å². The van der Waals surface area contributed by atoms with Crippen LogP contribution in [0, 0.1) is 0 Å². The van der Waals surface area contributed by atoms with Crippen molar-refractivity contribution >= 4 is 11.9 Å². The van der Waals surface area contributed by atoms with Crippen molar-refractivity contribution in [1.29, 1.82) is 0 Å². The van der Waals surface area contributed by atoms with E-state index in [1.165, 1.54) is 6.07 Å². The first-order valence-electron chi connectivity index (χ1n) is 6.60. The van der Waals surface area contributed by atoms with Gasteiger partial charge in [0.2, 0.25) is 0 Å². The molecular formula is C15H20O4. The van der Waals surface area contributed by atoms with Gasteiger partial charge in [0.05, 0.1) is 24.3 Å². The number of carbonyl (C=O) groups is 2. The fraction of sp³-hybridized carbons (Fsp3) is 0.467. The predicted octanol–water partition coefficient (Wildman–Crippen LogP) is 2.99. The summed E-state index contributed by atoms with van der Waals surface area (Å²) in [5, 5.41) is 0. The Bertz CT molecular complexity index is 415. The Morgan fingerprint density at radius 2 is 1.37 bits per heavy atom. The summed E-state index contributed by atoms with van der Waals surface area (Å²) in [5.41, 5.74) is 1.74. The van der Waals surface area contributed by atoms with Gasteiger partial charge >= 0.3 is 11.9 Å². The summed E-state index contributed by atoms with van der Waals surface area (Å²) < 4.78 is 9.93. The summed E-state index contributed by atoms with van der Waals surface area (Å²) in [6.07, 6.45) is 1.74. The van der Waals surface area contributed by atoms with Crippen LogP contribution in [-0.4, -0.2) is 25.2 Å². The number of hydrogen-bond acceptors (Lipinski definition) is 4. The minimum Gasteiger partial charge on any atom is -0.462 e. The summed E-state index contributed by atoms with van der Waals surface area (Å²) >= 11 is 0. The molecule has 0 aromatic heterocycles. The molecule has 0 spiro atoms. The molecule has 0 atom stereocenters. The third-order valence-corrected chi connectivity index (χ3v) is 2.55. The smallest absolute Gasteiger partial charge is 0.338 e. The summed E-state index contributed by atoms with van der Waals surface area (Å²) in [6.45, 7) is 6.17. The molecule has 0 aliphatic heterocycles. The summed E-state index contributed by atoms with van der Waals surface area (Å²) in [4.78, 5) is 23.5. The van der Waals surface area contributed by atoms with E-state index in [0.29, 0.717) is 24.3 Å². The molecule has 1 aromatic carbocycles. The van der Waals surface area contributed by atoms with E-state index < -0.39 is 11.9 Å². The number of rotatable bonds is 6. The third-order valence-electron chi connectivity index (χ3n) is 2.55. The second-order valence-corrected chi connectivity index (χ2v) is 4.11. The Balaban J connectivity index is 3.09. The highest BCUT2D eigenvalue weighted by Gasteiger charge is 2.14. The number of carbonyl (C=O) groups excluding carboxylic acids is 2. The first-order valence-corrected chi connectivity index (χ1v) is 6.60. The Morgan fingerprint density at radius 1 is 0.895 bits per heavy atom. The standard InChI is InChI=1S/C15H20O4/c1-4-7-11-8-12(14(16)18-5-2)10-13(9-11)15(17)19-6-3/h8-10H,4-7H2,1-3H3. The molecule has 4 nitrogen and oxygen atoms in total. The number of hydrogen-bond donors (Lipinski definition) is 0. The average molecular weight is 264 g/mol. The van der Waals surface area contributed by atoms with Crippen LogP contribution in [0.15, 0.2) is 18.2 Å². The normalized spacial score (nSPS) is 10.1. The SMILES string of the molecule is CCCc1cc(C(=O)OCC)cc(C(=O)OCC)c1. The van der Waals surface area contributed by atoms with Crippen LogP contribution in [0.1, 0.15) is 53.5 Å². The van der Waals surface area contributed by atoms with Crippen LogP contribution < -0.4 is 0 Å². The number of esters is 2. The van der Waals surface area contributed by atoms with Crippen LogP contribution in [0.4, 0.5) is 0 Å². The summed E-state index contributed by atoms with van der Waals surface area (Å²) in [5.74, 6) is -0.822. The molecule has 0 unspecified atom stereocenters. The van der Waals surface area contributed by atoms with Crippen LogP contribution in [0.2, 0.25) is 0 Å². The number of benzene rings is 1. The van der Waals surface area contributed by atoms with E-state index in [9.17, 15) is 9.59 Å². The van der Waals surface area contributed by atoms with Crippen LogP contribution in [-0.2, 0) is 15.9 Å². The Kier molecular flexibility index (Phi) is 6.06. The number of ether oxygens (including phenoxy) is 2. The fourth-order valence-electron chi connectivity index (χ4n) is 1.79. The topological polar surface area (TPSA) is 52.6 Å². The van der Waals surface area contributed by atoms with Gasteiger partial charge in [-0.05, 0) is 44.0 Å². The largest absolute Gasteiger partial charge is 0.462 e. The molecule has 1 rings (SSSR count). The van der Waals surface area contributed by atoms with Crippen molar-refractivity contribution < 1.29 is 19.1 Å². The van der Waals surface area contributed by atoms with Crippen LogP contribution in [0.5, 0.6) is 0 Å². The Hall–Kier alpha value is -1.84. The predicted molar refractivity (Wildman–Crippen MR) is 72.4 cm³/mol. The van der Waals surface area contributed by atoms with E-state index in [4.69, 9.17) is 9.47 Å². The van der Waals surface area contributed by atoms with Gasteiger partial charge in [0.1, 0.15) is 0 Å². The fourth-order valence-corrected chi connectivity index (χ4v) is 1.79. The minimum absolute atomic E-state index is 0.311. The molecule has 4 heteroatoms. The van der Waals surface area contributed by atoms with E-state index >= 15 is 0 Å². The molecule has 0 bridgehead atoms. The van der Waals surface area contributed by atoms with Gasteiger partial charge in [-0.1, -0.05) is 13.3 Å². The lowest BCUT2D eigenvalue weighted by Gasteiger charge is -2.08. The third kappa shape index (κ3) is 4.39. The monoisotopic (exact) mass is 264 g/mol. The maximum atomic E-state index is 11.8. The number of aryl methyl sites for hydroxylation is 1. The van der Waals surface area contributed by atoms with Crippen molar-refractivity contribution in [3.63, 3.8) is 0 Å². The van der Waals surface area contributed by atoms with Gasteiger partial charge in [0.15, 0.2) is 0 Å². The van der Waals surface area contributed by atoms with Crippen molar-refractivity contribution in [3.05, 3.63) is 34.9 Å². The highest BCUT2D eigenvalue weighted by atomic mass is 16.5. The molecule has 1 aromatic rings. The van der Waals surface area contributed by atoms with Gasteiger partial charge < -0.3 is 9.47 Å². The molecule has 0 saturated carbocycles. The zero-order chi connectivity index (χ0) is 14.3. The van der Waals surface area contributed by atoms with Crippen molar-refractivity contribution in [3.8, 4) is 0 Å². The highest BCUT2D eigenvalue weighted by molar-refractivity contribution is 5.95. The van der Waals surface area contributed by atoms with Gasteiger partial charge in [0.25, 0.3) is 0 Å². The van der Waals surface area contributed by atoms with E-state index in [2.05, 4.69) is 0 Å². The van der Waals surface area contributed by atoms with Gasteiger partial charge in [0, 0.05) is 0 Å². The van der Waals surface area contributed by atoms with Crippen LogP contribution in [0.25, 0.3) is 0 Å². The van der Waals surface area contributed by atoms with Gasteiger partial charge in [-0.25, -0.2) is 9.59 Å². The molecule has 0 fully saturated rings. The van der Waals surface area contributed by atoms with E-state index in [1.54, 1.807) is 26.0 Å². The second kappa shape index (κ2) is 7.56. The lowest BCUT2D eigenvalue weighted by Crippen LogP contribution is -2.10. The molecule has 0 heterocycles. The highest BCUT2D eigenvalue weighted by Crippen LogP contribution is 2.14. The molecule has 19 heavy (non-hydrogen) atoms. The van der Waals surface area contributed by atoms with Gasteiger partial charge in [-0.15, -0.1) is 0 Å². The summed E-state index contributed by atoms with van der Waals surface area (Å²) in [7, 11) is 0. The first kappa shape index (κ1) is 15.2. The van der Waals surface area contributed by atoms with Gasteiger partial charge in [-0.3, -0.25) is 0 Å². The molecule has 0 aliphatic rings. The first-order chi connectivity index (χ1) is 9.12. The zero-order valence-electron chi connectivity index (χ0n) is 11.7. The van der Waals surface area contributed by atoms with Crippen LogP contribution in [0.3, 0.4) is 0 Å². The molecule has 0 aliphatic carbocycles. The molecule has 0 radical (unpaired) electrons. The maximum absolute atomic E-state index is 11.8. The molecule has 104 valence electrons. The molecule has 0 N–H and O–H groups in total. The lowest BCUT2D eigenvalue weighted by molar-refractivity contribution is 0.0525. The van der Waals surface area contributed by atoms with E-state index in [1.807, 2.05) is 6.92 Å². The van der Waals surface area contributed by atoms with Gasteiger partial charge in [-0.2, -0.15) is 0 Å². The summed E-state index contributed by atoms with van der Waals surface area (Å²) in [6, 6.07) is 5.06.